The van der Waals surface area contributed by atoms with E-state index in [1.165, 1.54) is 12.1 Å². The van der Waals surface area contributed by atoms with Crippen molar-refractivity contribution in [3.63, 3.8) is 0 Å². The Labute approximate surface area is 139 Å². The minimum absolute atomic E-state index is 0.0660. The van der Waals surface area contributed by atoms with E-state index >= 15 is 0 Å². The number of aromatic carboxylic acids is 1. The van der Waals surface area contributed by atoms with Crippen LogP contribution in [0.25, 0.3) is 10.8 Å². The van der Waals surface area contributed by atoms with Gasteiger partial charge in [0.05, 0.1) is 0 Å². The maximum Gasteiger partial charge on any atom is 0.339 e. The first-order valence-corrected chi connectivity index (χ1v) is 7.20. The van der Waals surface area contributed by atoms with Gasteiger partial charge in [0.25, 0.3) is 0 Å². The Morgan fingerprint density at radius 1 is 0.875 bits per heavy atom. The number of aryl methyl sites for hydroxylation is 1. The smallest absolute Gasteiger partial charge is 0.339 e. The summed E-state index contributed by atoms with van der Waals surface area (Å²) in [4.78, 5) is 21.3. The fraction of sp³-hybridized carbons (Fsp3) is 0.0526. The van der Waals surface area contributed by atoms with Crippen molar-refractivity contribution < 1.29 is 19.8 Å². The lowest BCUT2D eigenvalue weighted by Gasteiger charge is -2.02. The number of fused-ring (bicyclic) bond motifs is 1. The normalized spacial score (nSPS) is 9.88. The van der Waals surface area contributed by atoms with E-state index in [1.807, 2.05) is 37.3 Å². The summed E-state index contributed by atoms with van der Waals surface area (Å²) in [6.07, 6.45) is 0. The van der Waals surface area contributed by atoms with Gasteiger partial charge in [-0.1, -0.05) is 42.5 Å². The van der Waals surface area contributed by atoms with Crippen LogP contribution in [-0.2, 0) is 0 Å². The predicted octanol–water partition coefficient (Wildman–Crippen LogP) is 3.34. The molecule has 5 heteroatoms. The summed E-state index contributed by atoms with van der Waals surface area (Å²) in [5.74, 6) is -1.68. The van der Waals surface area contributed by atoms with E-state index in [4.69, 9.17) is 10.8 Å². The van der Waals surface area contributed by atoms with Gasteiger partial charge in [-0.2, -0.15) is 0 Å². The summed E-state index contributed by atoms with van der Waals surface area (Å²) in [7, 11) is 0. The quantitative estimate of drug-likeness (QED) is 0.673. The number of carbonyl (C=O) groups excluding carboxylic acids is 1. The predicted molar refractivity (Wildman–Crippen MR) is 92.3 cm³/mol. The fourth-order valence-electron chi connectivity index (χ4n) is 2.25. The van der Waals surface area contributed by atoms with E-state index in [1.54, 1.807) is 18.2 Å². The maximum atomic E-state index is 10.7. The summed E-state index contributed by atoms with van der Waals surface area (Å²) in [5.41, 5.74) is 6.54. The number of phenols is 1. The summed E-state index contributed by atoms with van der Waals surface area (Å²) < 4.78 is 0. The number of carboxylic acid groups (broad SMARTS) is 1. The molecular formula is C19H17NO4. The van der Waals surface area contributed by atoms with Crippen LogP contribution in [0, 0.1) is 6.92 Å². The number of hydrogen-bond acceptors (Lipinski definition) is 3. The molecule has 0 bridgehead atoms. The molecule has 0 aliphatic heterocycles. The highest BCUT2D eigenvalue weighted by atomic mass is 16.4. The molecule has 1 amide bonds. The van der Waals surface area contributed by atoms with Crippen molar-refractivity contribution in [2.45, 2.75) is 6.92 Å². The molecule has 3 aromatic rings. The lowest BCUT2D eigenvalue weighted by Crippen LogP contribution is -2.12. The number of hydrogen-bond donors (Lipinski definition) is 3. The molecule has 0 unspecified atom stereocenters. The first-order valence-electron chi connectivity index (χ1n) is 7.20. The first kappa shape index (κ1) is 17.0. The summed E-state index contributed by atoms with van der Waals surface area (Å²) in [5, 5.41) is 19.8. The molecule has 0 aliphatic rings. The third-order valence-corrected chi connectivity index (χ3v) is 3.50. The molecule has 0 aliphatic carbocycles. The number of carboxylic acids is 1. The Bertz CT molecular complexity index is 903. The van der Waals surface area contributed by atoms with E-state index in [0.717, 1.165) is 16.3 Å². The molecule has 122 valence electrons. The van der Waals surface area contributed by atoms with Crippen LogP contribution >= 0.6 is 0 Å². The van der Waals surface area contributed by atoms with Crippen molar-refractivity contribution in [2.75, 3.05) is 0 Å². The van der Waals surface area contributed by atoms with Crippen LogP contribution in [0.5, 0.6) is 5.75 Å². The van der Waals surface area contributed by atoms with E-state index in [0.29, 0.717) is 5.56 Å². The average molecular weight is 323 g/mol. The Kier molecular flexibility index (Phi) is 5.16. The van der Waals surface area contributed by atoms with Gasteiger partial charge in [0.1, 0.15) is 11.3 Å². The van der Waals surface area contributed by atoms with Crippen molar-refractivity contribution in [1.82, 2.24) is 0 Å². The van der Waals surface area contributed by atoms with Crippen molar-refractivity contribution in [2.24, 2.45) is 5.73 Å². The van der Waals surface area contributed by atoms with Gasteiger partial charge in [0.2, 0.25) is 5.91 Å². The van der Waals surface area contributed by atoms with Gasteiger partial charge in [0.15, 0.2) is 0 Å². The van der Waals surface area contributed by atoms with Crippen LogP contribution in [0.1, 0.15) is 26.3 Å². The molecule has 0 saturated heterocycles. The minimum Gasteiger partial charge on any atom is -0.507 e. The van der Waals surface area contributed by atoms with E-state index in [9.17, 15) is 14.7 Å². The Balaban J connectivity index is 0.000000185. The lowest BCUT2D eigenvalue weighted by atomic mass is 10.1. The summed E-state index contributed by atoms with van der Waals surface area (Å²) in [6.45, 7) is 1.86. The van der Waals surface area contributed by atoms with Gasteiger partial charge in [-0.15, -0.1) is 0 Å². The van der Waals surface area contributed by atoms with Crippen LogP contribution in [-0.4, -0.2) is 22.1 Å². The van der Waals surface area contributed by atoms with Crippen molar-refractivity contribution in [1.29, 1.82) is 0 Å². The van der Waals surface area contributed by atoms with E-state index in [2.05, 4.69) is 0 Å². The second-order valence-corrected chi connectivity index (χ2v) is 5.20. The number of nitrogens with two attached hydrogens (primary N) is 1. The Morgan fingerprint density at radius 2 is 1.42 bits per heavy atom. The number of aromatic hydroxyl groups is 1. The Hall–Kier alpha value is -3.34. The highest BCUT2D eigenvalue weighted by Gasteiger charge is 2.09. The SMILES string of the molecule is Cc1ccccc1C(N)=O.O=C(O)c1cc2ccccc2cc1O. The molecule has 4 N–H and O–H groups in total. The van der Waals surface area contributed by atoms with Gasteiger partial charge in [-0.25, -0.2) is 4.79 Å². The monoisotopic (exact) mass is 323 g/mol. The van der Waals surface area contributed by atoms with E-state index < -0.39 is 5.97 Å². The molecule has 3 rings (SSSR count). The third kappa shape index (κ3) is 3.89. The highest BCUT2D eigenvalue weighted by Crippen LogP contribution is 2.24. The first-order chi connectivity index (χ1) is 11.4. The number of carbonyl (C=O) groups is 2. The topological polar surface area (TPSA) is 101 Å². The van der Waals surface area contributed by atoms with Crippen molar-refractivity contribution in [3.8, 4) is 5.75 Å². The van der Waals surface area contributed by atoms with Crippen LogP contribution in [0.15, 0.2) is 60.7 Å². The zero-order valence-corrected chi connectivity index (χ0v) is 13.1. The van der Waals surface area contributed by atoms with Gasteiger partial charge >= 0.3 is 5.97 Å². The number of primary amides is 1. The Morgan fingerprint density at radius 3 is 1.92 bits per heavy atom. The third-order valence-electron chi connectivity index (χ3n) is 3.50. The van der Waals surface area contributed by atoms with Gasteiger partial charge in [-0.3, -0.25) is 4.79 Å². The zero-order valence-electron chi connectivity index (χ0n) is 13.1. The molecule has 24 heavy (non-hydrogen) atoms. The largest absolute Gasteiger partial charge is 0.507 e. The number of amides is 1. The van der Waals surface area contributed by atoms with Gasteiger partial charge < -0.3 is 15.9 Å². The fourth-order valence-corrected chi connectivity index (χ4v) is 2.25. The van der Waals surface area contributed by atoms with Crippen LogP contribution in [0.4, 0.5) is 0 Å². The molecule has 0 atom stereocenters. The van der Waals surface area contributed by atoms with Crippen LogP contribution in [0.3, 0.4) is 0 Å². The van der Waals surface area contributed by atoms with Gasteiger partial charge in [0, 0.05) is 5.56 Å². The van der Waals surface area contributed by atoms with Crippen LogP contribution < -0.4 is 5.73 Å². The van der Waals surface area contributed by atoms with Crippen molar-refractivity contribution >= 4 is 22.6 Å². The lowest BCUT2D eigenvalue weighted by molar-refractivity contribution is 0.0693. The standard InChI is InChI=1S/C11H8O3.C8H9NO/c12-10-6-8-4-2-1-3-7(8)5-9(10)11(13)14;1-6-4-2-3-5-7(6)8(9)10/h1-6,12H,(H,13,14);2-5H,1H3,(H2,9,10). The van der Waals surface area contributed by atoms with Crippen molar-refractivity contribution in [3.05, 3.63) is 77.4 Å². The molecule has 0 saturated carbocycles. The molecule has 0 spiro atoms. The average Bonchev–Trinajstić information content (AvgIpc) is 2.54. The van der Waals surface area contributed by atoms with Gasteiger partial charge in [-0.05, 0) is 41.5 Å². The molecular weight excluding hydrogens is 306 g/mol. The molecule has 5 nitrogen and oxygen atoms in total. The van der Waals surface area contributed by atoms with Crippen LogP contribution in [0.2, 0.25) is 0 Å². The second kappa shape index (κ2) is 7.28. The maximum absolute atomic E-state index is 10.7. The van der Waals surface area contributed by atoms with E-state index in [-0.39, 0.29) is 17.2 Å². The molecule has 0 aromatic heterocycles. The summed E-state index contributed by atoms with van der Waals surface area (Å²) >= 11 is 0. The highest BCUT2D eigenvalue weighted by molar-refractivity contribution is 5.97. The molecule has 0 radical (unpaired) electrons. The zero-order chi connectivity index (χ0) is 17.7. The minimum atomic E-state index is -1.12. The molecule has 3 aromatic carbocycles. The molecule has 0 fully saturated rings. The second-order valence-electron chi connectivity index (χ2n) is 5.20. The molecule has 0 heterocycles. The number of benzene rings is 3. The summed E-state index contributed by atoms with van der Waals surface area (Å²) in [6, 6.07) is 17.5. The number of rotatable bonds is 2.